The molecule has 1 fully saturated rings. The molecule has 1 aliphatic rings. The van der Waals surface area contributed by atoms with Crippen molar-refractivity contribution in [2.24, 2.45) is 0 Å². The fraction of sp³-hybridized carbons (Fsp3) is 0.250. The number of benzene rings is 1. The molecule has 2 heterocycles. The molecule has 0 spiro atoms. The Morgan fingerprint density at radius 2 is 1.97 bits per heavy atom. The summed E-state index contributed by atoms with van der Waals surface area (Å²) in [4.78, 5) is 48.4. The molecule has 2 amide bonds. The zero-order valence-corrected chi connectivity index (χ0v) is 17.6. The smallest absolute Gasteiger partial charge is 0.328 e. The maximum Gasteiger partial charge on any atom is 0.328 e. The molecule has 1 atom stereocenters. The van der Waals surface area contributed by atoms with Crippen molar-refractivity contribution in [1.82, 2.24) is 9.47 Å². The molecule has 0 saturated carbocycles. The fourth-order valence-corrected chi connectivity index (χ4v) is 4.21. The van der Waals surface area contributed by atoms with Crippen molar-refractivity contribution in [2.45, 2.75) is 26.8 Å². The highest BCUT2D eigenvalue weighted by atomic mass is 32.2. The average Bonchev–Trinajstić information content (AvgIpc) is 3.15. The molecule has 1 aliphatic heterocycles. The van der Waals surface area contributed by atoms with Crippen LogP contribution in [0.25, 0.3) is 11.8 Å². The monoisotopic (exact) mass is 429 g/mol. The van der Waals surface area contributed by atoms with Crippen LogP contribution in [0, 0.1) is 24.0 Å². The first-order valence-corrected chi connectivity index (χ1v) is 9.76. The van der Waals surface area contributed by atoms with Gasteiger partial charge in [0, 0.05) is 23.5 Å². The van der Waals surface area contributed by atoms with E-state index in [1.807, 2.05) is 24.5 Å². The number of nitrogens with zero attached hydrogens (tertiary/aromatic N) is 3. The van der Waals surface area contributed by atoms with Gasteiger partial charge in [0.25, 0.3) is 16.8 Å². The van der Waals surface area contributed by atoms with Gasteiger partial charge in [0.2, 0.25) is 0 Å². The maximum atomic E-state index is 12.7. The normalized spacial score (nSPS) is 16.3. The number of amides is 2. The van der Waals surface area contributed by atoms with E-state index < -0.39 is 28.1 Å². The topological polar surface area (TPSA) is 112 Å². The van der Waals surface area contributed by atoms with E-state index in [2.05, 4.69) is 4.74 Å². The number of aromatic nitrogens is 1. The summed E-state index contributed by atoms with van der Waals surface area (Å²) in [7, 11) is 1.19. The quantitative estimate of drug-likeness (QED) is 0.309. The van der Waals surface area contributed by atoms with Gasteiger partial charge in [-0.3, -0.25) is 24.6 Å². The van der Waals surface area contributed by atoms with E-state index in [9.17, 15) is 24.5 Å². The third-order valence-electron chi connectivity index (χ3n) is 4.81. The van der Waals surface area contributed by atoms with Crippen molar-refractivity contribution in [3.05, 3.63) is 62.3 Å². The van der Waals surface area contributed by atoms with Gasteiger partial charge >= 0.3 is 5.97 Å². The highest BCUT2D eigenvalue weighted by Gasteiger charge is 2.41. The van der Waals surface area contributed by atoms with E-state index >= 15 is 0 Å². The standard InChI is InChI=1S/C20H19N3O6S/c1-11-8-14(12(2)21(11)15-6-5-7-16(10-15)23(27)28)9-17-18(24)22(20(26)30-17)13(3)19(25)29-4/h5-10,13H,1-4H3/b17-9+/t13-/m1/s1. The molecule has 0 N–H and O–H groups in total. The van der Waals surface area contributed by atoms with Gasteiger partial charge < -0.3 is 9.30 Å². The van der Waals surface area contributed by atoms with E-state index in [1.54, 1.807) is 18.2 Å². The number of carbonyl (C=O) groups excluding carboxylic acids is 3. The Morgan fingerprint density at radius 1 is 1.27 bits per heavy atom. The van der Waals surface area contributed by atoms with E-state index in [4.69, 9.17) is 0 Å². The van der Waals surface area contributed by atoms with Crippen LogP contribution in [-0.4, -0.2) is 44.7 Å². The van der Waals surface area contributed by atoms with Crippen molar-refractivity contribution in [1.29, 1.82) is 0 Å². The van der Waals surface area contributed by atoms with Crippen LogP contribution < -0.4 is 0 Å². The van der Waals surface area contributed by atoms with E-state index in [1.165, 1.54) is 26.2 Å². The number of aryl methyl sites for hydroxylation is 1. The van der Waals surface area contributed by atoms with Gasteiger partial charge in [-0.25, -0.2) is 4.79 Å². The van der Waals surface area contributed by atoms with Crippen LogP contribution in [0.5, 0.6) is 0 Å². The summed E-state index contributed by atoms with van der Waals surface area (Å²) >= 11 is 0.751. The molecule has 2 aromatic rings. The first-order chi connectivity index (χ1) is 14.1. The molecule has 0 unspecified atom stereocenters. The number of hydrogen-bond acceptors (Lipinski definition) is 7. The lowest BCUT2D eigenvalue weighted by atomic mass is 10.2. The van der Waals surface area contributed by atoms with Crippen LogP contribution in [0.4, 0.5) is 10.5 Å². The minimum Gasteiger partial charge on any atom is -0.467 e. The molecule has 10 heteroatoms. The second-order valence-corrected chi connectivity index (χ2v) is 7.68. The number of methoxy groups -OCH3 is 1. The van der Waals surface area contributed by atoms with Gasteiger partial charge in [-0.15, -0.1) is 0 Å². The van der Waals surface area contributed by atoms with Crippen LogP contribution in [-0.2, 0) is 14.3 Å². The third-order valence-corrected chi connectivity index (χ3v) is 5.69. The molecule has 0 aliphatic carbocycles. The summed E-state index contributed by atoms with van der Waals surface area (Å²) in [6.45, 7) is 5.09. The van der Waals surface area contributed by atoms with Crippen molar-refractivity contribution in [2.75, 3.05) is 7.11 Å². The number of non-ortho nitro benzene ring substituents is 1. The zero-order chi connectivity index (χ0) is 22.2. The van der Waals surface area contributed by atoms with Gasteiger partial charge in [-0.1, -0.05) is 6.07 Å². The summed E-state index contributed by atoms with van der Waals surface area (Å²) in [6.07, 6.45) is 1.59. The van der Waals surface area contributed by atoms with Crippen LogP contribution >= 0.6 is 11.8 Å². The molecular weight excluding hydrogens is 410 g/mol. The van der Waals surface area contributed by atoms with E-state index in [-0.39, 0.29) is 10.6 Å². The number of carbonyl (C=O) groups is 3. The summed E-state index contributed by atoms with van der Waals surface area (Å²) in [6, 6.07) is 7.04. The van der Waals surface area contributed by atoms with Crippen LogP contribution in [0.1, 0.15) is 23.9 Å². The minimum atomic E-state index is -1.02. The Kier molecular flexibility index (Phi) is 5.79. The first kappa shape index (κ1) is 21.3. The Bertz CT molecular complexity index is 1100. The van der Waals surface area contributed by atoms with Crippen molar-refractivity contribution < 1.29 is 24.0 Å². The summed E-state index contributed by atoms with van der Waals surface area (Å²) in [5, 5.41) is 10.5. The van der Waals surface area contributed by atoms with Crippen LogP contribution in [0.15, 0.2) is 35.2 Å². The van der Waals surface area contributed by atoms with Gasteiger partial charge in [0.15, 0.2) is 0 Å². The lowest BCUT2D eigenvalue weighted by molar-refractivity contribution is -0.384. The predicted octanol–water partition coefficient (Wildman–Crippen LogP) is 3.60. The lowest BCUT2D eigenvalue weighted by Crippen LogP contribution is -2.42. The number of nitro benzene ring substituents is 1. The molecule has 156 valence electrons. The predicted molar refractivity (Wildman–Crippen MR) is 111 cm³/mol. The van der Waals surface area contributed by atoms with Crippen LogP contribution in [0.3, 0.4) is 0 Å². The maximum absolute atomic E-state index is 12.7. The molecule has 3 rings (SSSR count). The van der Waals surface area contributed by atoms with E-state index in [0.717, 1.165) is 28.0 Å². The SMILES string of the molecule is COC(=O)[C@@H](C)N1C(=O)S/C(=C/c2cc(C)n(-c3cccc([N+](=O)[O-])c3)c2C)C1=O. The molecule has 0 bridgehead atoms. The number of esters is 1. The molecule has 1 aromatic carbocycles. The third kappa shape index (κ3) is 3.73. The lowest BCUT2D eigenvalue weighted by Gasteiger charge is -2.18. The Labute approximate surface area is 176 Å². The second-order valence-electron chi connectivity index (χ2n) is 6.69. The Hall–Kier alpha value is -3.40. The molecule has 1 aromatic heterocycles. The summed E-state index contributed by atoms with van der Waals surface area (Å²) < 4.78 is 6.46. The second kappa shape index (κ2) is 8.15. The molecular formula is C20H19N3O6S. The van der Waals surface area contributed by atoms with Crippen molar-refractivity contribution in [3.63, 3.8) is 0 Å². The average molecular weight is 429 g/mol. The van der Waals surface area contributed by atoms with Gasteiger partial charge in [0.05, 0.1) is 22.6 Å². The highest BCUT2D eigenvalue weighted by Crippen LogP contribution is 2.35. The number of imide groups is 1. The zero-order valence-electron chi connectivity index (χ0n) is 16.7. The molecule has 9 nitrogen and oxygen atoms in total. The molecule has 0 radical (unpaired) electrons. The molecule has 30 heavy (non-hydrogen) atoms. The highest BCUT2D eigenvalue weighted by molar-refractivity contribution is 8.18. The summed E-state index contributed by atoms with van der Waals surface area (Å²) in [5.74, 6) is -1.24. The van der Waals surface area contributed by atoms with Crippen molar-refractivity contribution in [3.8, 4) is 5.69 Å². The van der Waals surface area contributed by atoms with Crippen molar-refractivity contribution >= 4 is 40.6 Å². The van der Waals surface area contributed by atoms with E-state index in [0.29, 0.717) is 11.3 Å². The molecule has 1 saturated heterocycles. The largest absolute Gasteiger partial charge is 0.467 e. The fourth-order valence-electron chi connectivity index (χ4n) is 3.31. The number of hydrogen-bond donors (Lipinski definition) is 0. The number of nitro groups is 1. The number of thioether (sulfide) groups is 1. The van der Waals surface area contributed by atoms with Gasteiger partial charge in [-0.2, -0.15) is 0 Å². The first-order valence-electron chi connectivity index (χ1n) is 8.94. The Balaban J connectivity index is 1.98. The number of ether oxygens (including phenoxy) is 1. The van der Waals surface area contributed by atoms with Gasteiger partial charge in [-0.05, 0) is 56.3 Å². The summed E-state index contributed by atoms with van der Waals surface area (Å²) in [5.41, 5.74) is 2.84. The Morgan fingerprint density at radius 3 is 2.60 bits per heavy atom. The van der Waals surface area contributed by atoms with Gasteiger partial charge in [0.1, 0.15) is 6.04 Å². The number of rotatable bonds is 5. The van der Waals surface area contributed by atoms with Crippen LogP contribution in [0.2, 0.25) is 0 Å². The minimum absolute atomic E-state index is 0.0283.